The van der Waals surface area contributed by atoms with Crippen molar-refractivity contribution in [1.29, 1.82) is 0 Å². The van der Waals surface area contributed by atoms with Gasteiger partial charge in [0.05, 0.1) is 0 Å². The number of hydrogen-bond acceptors (Lipinski definition) is 3. The molecule has 2 aromatic rings. The molecule has 0 saturated carbocycles. The van der Waals surface area contributed by atoms with Gasteiger partial charge < -0.3 is 15.0 Å². The van der Waals surface area contributed by atoms with Crippen molar-refractivity contribution in [2.24, 2.45) is 0 Å². The molecule has 0 atom stereocenters. The molecule has 0 radical (unpaired) electrons. The highest BCUT2D eigenvalue weighted by atomic mass is 16.5. The van der Waals surface area contributed by atoms with Crippen LogP contribution in [0.25, 0.3) is 0 Å². The van der Waals surface area contributed by atoms with Gasteiger partial charge in [0.1, 0.15) is 5.75 Å². The number of piperidine rings is 1. The molecule has 1 aliphatic heterocycles. The van der Waals surface area contributed by atoms with Crippen molar-refractivity contribution in [3.8, 4) is 5.75 Å². The molecule has 2 aromatic carbocycles. The van der Waals surface area contributed by atoms with Gasteiger partial charge in [-0.3, -0.25) is 9.59 Å². The maximum Gasteiger partial charge on any atom is 0.260 e. The molecule has 1 saturated heterocycles. The van der Waals surface area contributed by atoms with E-state index in [0.717, 1.165) is 29.7 Å². The number of ether oxygens (including phenoxy) is 1. The van der Waals surface area contributed by atoms with E-state index in [1.54, 1.807) is 0 Å². The van der Waals surface area contributed by atoms with Crippen LogP contribution in [-0.2, 0) is 4.79 Å². The number of amides is 2. The first-order valence-corrected chi connectivity index (χ1v) is 9.78. The minimum absolute atomic E-state index is 0.0121. The van der Waals surface area contributed by atoms with Crippen LogP contribution < -0.4 is 10.1 Å². The number of aryl methyl sites for hydroxylation is 3. The van der Waals surface area contributed by atoms with Crippen molar-refractivity contribution < 1.29 is 14.3 Å². The first-order valence-electron chi connectivity index (χ1n) is 9.78. The molecule has 3 rings (SSSR count). The van der Waals surface area contributed by atoms with Crippen molar-refractivity contribution in [2.75, 3.05) is 19.7 Å². The number of likely N-dealkylation sites (tertiary alicyclic amines) is 1. The Morgan fingerprint density at radius 1 is 1.00 bits per heavy atom. The summed E-state index contributed by atoms with van der Waals surface area (Å²) < 4.78 is 5.66. The smallest absolute Gasteiger partial charge is 0.260 e. The highest BCUT2D eigenvalue weighted by molar-refractivity contribution is 5.95. The van der Waals surface area contributed by atoms with E-state index in [1.807, 2.05) is 68.1 Å². The van der Waals surface area contributed by atoms with Crippen LogP contribution in [0.1, 0.15) is 39.9 Å². The van der Waals surface area contributed by atoms with Crippen LogP contribution in [0.3, 0.4) is 0 Å². The lowest BCUT2D eigenvalue weighted by atomic mass is 10.0. The lowest BCUT2D eigenvalue weighted by molar-refractivity contribution is -0.134. The molecule has 5 heteroatoms. The molecular weight excluding hydrogens is 352 g/mol. The molecule has 5 nitrogen and oxygen atoms in total. The van der Waals surface area contributed by atoms with E-state index >= 15 is 0 Å². The summed E-state index contributed by atoms with van der Waals surface area (Å²) in [6, 6.07) is 13.5. The van der Waals surface area contributed by atoms with Crippen molar-refractivity contribution >= 4 is 11.8 Å². The summed E-state index contributed by atoms with van der Waals surface area (Å²) in [6.45, 7) is 7.32. The molecule has 28 heavy (non-hydrogen) atoms. The fourth-order valence-corrected chi connectivity index (χ4v) is 3.40. The fourth-order valence-electron chi connectivity index (χ4n) is 3.40. The van der Waals surface area contributed by atoms with E-state index in [0.29, 0.717) is 18.7 Å². The summed E-state index contributed by atoms with van der Waals surface area (Å²) >= 11 is 0. The molecule has 1 aliphatic rings. The summed E-state index contributed by atoms with van der Waals surface area (Å²) in [5.41, 5.74) is 4.03. The topological polar surface area (TPSA) is 58.6 Å². The van der Waals surface area contributed by atoms with Crippen molar-refractivity contribution in [1.82, 2.24) is 10.2 Å². The standard InChI is InChI=1S/C23H28N2O3/c1-16-8-9-20(14-18(16)3)28-15-22(26)25-12-10-19(11-13-25)24-23(27)21-7-5-4-6-17(21)2/h4-9,14,19H,10-13,15H2,1-3H3,(H,24,27). The third-order valence-corrected chi connectivity index (χ3v) is 5.41. The molecular formula is C23H28N2O3. The Morgan fingerprint density at radius 2 is 1.71 bits per heavy atom. The minimum Gasteiger partial charge on any atom is -0.484 e. The number of rotatable bonds is 5. The van der Waals surface area contributed by atoms with Gasteiger partial charge in [-0.1, -0.05) is 24.3 Å². The second-order valence-corrected chi connectivity index (χ2v) is 7.48. The van der Waals surface area contributed by atoms with Crippen LogP contribution >= 0.6 is 0 Å². The molecule has 0 spiro atoms. The summed E-state index contributed by atoms with van der Waals surface area (Å²) in [5.74, 6) is 0.666. The summed E-state index contributed by atoms with van der Waals surface area (Å²) in [7, 11) is 0. The lowest BCUT2D eigenvalue weighted by Gasteiger charge is -2.32. The van der Waals surface area contributed by atoms with E-state index < -0.39 is 0 Å². The first kappa shape index (κ1) is 19.9. The van der Waals surface area contributed by atoms with Gasteiger partial charge in [-0.2, -0.15) is 0 Å². The van der Waals surface area contributed by atoms with Crippen molar-refractivity contribution in [3.05, 3.63) is 64.7 Å². The van der Waals surface area contributed by atoms with Crippen molar-refractivity contribution in [3.63, 3.8) is 0 Å². The Balaban J connectivity index is 1.45. The lowest BCUT2D eigenvalue weighted by Crippen LogP contribution is -2.47. The summed E-state index contributed by atoms with van der Waals surface area (Å²) in [6.07, 6.45) is 1.51. The van der Waals surface area contributed by atoms with Gasteiger partial charge in [0.15, 0.2) is 6.61 Å². The van der Waals surface area contributed by atoms with Gasteiger partial charge in [-0.05, 0) is 68.5 Å². The van der Waals surface area contributed by atoms with Gasteiger partial charge in [0, 0.05) is 24.7 Å². The third kappa shape index (κ3) is 4.91. The largest absolute Gasteiger partial charge is 0.484 e. The highest BCUT2D eigenvalue weighted by Gasteiger charge is 2.24. The van der Waals surface area contributed by atoms with Crippen LogP contribution in [0, 0.1) is 20.8 Å². The molecule has 148 valence electrons. The fraction of sp³-hybridized carbons (Fsp3) is 0.391. The monoisotopic (exact) mass is 380 g/mol. The Kier molecular flexibility index (Phi) is 6.34. The molecule has 0 unspecified atom stereocenters. The number of nitrogens with one attached hydrogen (secondary N) is 1. The Hall–Kier alpha value is -2.82. The molecule has 0 bridgehead atoms. The number of nitrogens with zero attached hydrogens (tertiary/aromatic N) is 1. The second kappa shape index (κ2) is 8.91. The van der Waals surface area contributed by atoms with Crippen LogP contribution in [-0.4, -0.2) is 42.5 Å². The van der Waals surface area contributed by atoms with E-state index in [9.17, 15) is 9.59 Å². The second-order valence-electron chi connectivity index (χ2n) is 7.48. The van der Waals surface area contributed by atoms with Gasteiger partial charge >= 0.3 is 0 Å². The summed E-state index contributed by atoms with van der Waals surface area (Å²) in [5, 5.41) is 3.10. The summed E-state index contributed by atoms with van der Waals surface area (Å²) in [4.78, 5) is 26.7. The maximum absolute atomic E-state index is 12.4. The highest BCUT2D eigenvalue weighted by Crippen LogP contribution is 2.17. The SMILES string of the molecule is Cc1ccc(OCC(=O)N2CCC(NC(=O)c3ccccc3C)CC2)cc1C. The van der Waals surface area contributed by atoms with E-state index in [2.05, 4.69) is 5.32 Å². The average Bonchev–Trinajstić information content (AvgIpc) is 2.69. The van der Waals surface area contributed by atoms with Crippen LogP contribution in [0.15, 0.2) is 42.5 Å². The Morgan fingerprint density at radius 3 is 2.39 bits per heavy atom. The number of benzene rings is 2. The zero-order chi connectivity index (χ0) is 20.1. The zero-order valence-electron chi connectivity index (χ0n) is 16.8. The molecule has 1 fully saturated rings. The minimum atomic E-state index is -0.0408. The molecule has 0 aliphatic carbocycles. The van der Waals surface area contributed by atoms with Gasteiger partial charge in [-0.15, -0.1) is 0 Å². The molecule has 2 amide bonds. The third-order valence-electron chi connectivity index (χ3n) is 5.41. The van der Waals surface area contributed by atoms with Gasteiger partial charge in [0.2, 0.25) is 0 Å². The number of carbonyl (C=O) groups excluding carboxylic acids is 2. The molecule has 0 aromatic heterocycles. The normalized spacial score (nSPS) is 14.6. The van der Waals surface area contributed by atoms with E-state index in [-0.39, 0.29) is 24.5 Å². The zero-order valence-corrected chi connectivity index (χ0v) is 16.8. The number of carbonyl (C=O) groups is 2. The van der Waals surface area contributed by atoms with E-state index in [1.165, 1.54) is 5.56 Å². The Labute approximate surface area is 166 Å². The van der Waals surface area contributed by atoms with Crippen LogP contribution in [0.5, 0.6) is 5.75 Å². The maximum atomic E-state index is 12.4. The van der Waals surface area contributed by atoms with Crippen LogP contribution in [0.4, 0.5) is 0 Å². The Bertz CT molecular complexity index is 855. The first-order chi connectivity index (χ1) is 13.4. The quantitative estimate of drug-likeness (QED) is 0.865. The van der Waals surface area contributed by atoms with Gasteiger partial charge in [0.25, 0.3) is 11.8 Å². The number of hydrogen-bond donors (Lipinski definition) is 1. The predicted molar refractivity (Wildman–Crippen MR) is 110 cm³/mol. The predicted octanol–water partition coefficient (Wildman–Crippen LogP) is 3.41. The van der Waals surface area contributed by atoms with Crippen molar-refractivity contribution in [2.45, 2.75) is 39.7 Å². The van der Waals surface area contributed by atoms with Crippen LogP contribution in [0.2, 0.25) is 0 Å². The average molecular weight is 380 g/mol. The van der Waals surface area contributed by atoms with Gasteiger partial charge in [-0.25, -0.2) is 0 Å². The molecule has 1 heterocycles. The van der Waals surface area contributed by atoms with E-state index in [4.69, 9.17) is 4.74 Å². The molecule has 1 N–H and O–H groups in total.